The predicted octanol–water partition coefficient (Wildman–Crippen LogP) is 4.84. The number of carbonyl (C=O) groups excluding carboxylic acids is 2. The Morgan fingerprint density at radius 2 is 1.46 bits per heavy atom. The topological polar surface area (TPSA) is 71.1 Å². The van der Waals surface area contributed by atoms with Gasteiger partial charge in [-0.2, -0.15) is 0 Å². The van der Waals surface area contributed by atoms with E-state index in [2.05, 4.69) is 13.8 Å². The normalized spacial score (nSPS) is 21.6. The number of ether oxygens (including phenoxy) is 4. The average molecular weight is 344 g/mol. The van der Waals surface area contributed by atoms with Crippen LogP contribution in [0.3, 0.4) is 0 Å². The molecule has 0 N–H and O–H groups in total. The summed E-state index contributed by atoms with van der Waals surface area (Å²) in [5, 5.41) is 0. The van der Waals surface area contributed by atoms with E-state index in [1.54, 1.807) is 6.92 Å². The molecular weight excluding hydrogens is 312 g/mol. The number of carbonyl (C=O) groups is 2. The van der Waals surface area contributed by atoms with Gasteiger partial charge in [0.15, 0.2) is 0 Å². The highest BCUT2D eigenvalue weighted by molar-refractivity contribution is 5.60. The van der Waals surface area contributed by atoms with E-state index in [1.165, 1.54) is 0 Å². The molecule has 0 heterocycles. The highest BCUT2D eigenvalue weighted by atomic mass is 16.7. The van der Waals surface area contributed by atoms with Crippen molar-refractivity contribution < 1.29 is 28.5 Å². The molecule has 1 atom stereocenters. The first-order chi connectivity index (χ1) is 11.6. The van der Waals surface area contributed by atoms with Crippen LogP contribution in [0.25, 0.3) is 0 Å². The molecule has 0 aromatic carbocycles. The van der Waals surface area contributed by atoms with Crippen LogP contribution in [0, 0.1) is 5.92 Å². The van der Waals surface area contributed by atoms with E-state index in [0.29, 0.717) is 44.8 Å². The molecule has 0 radical (unpaired) electrons. The van der Waals surface area contributed by atoms with E-state index in [9.17, 15) is 9.59 Å². The fourth-order valence-electron chi connectivity index (χ4n) is 2.81. The summed E-state index contributed by atoms with van der Waals surface area (Å²) >= 11 is 0. The zero-order valence-corrected chi connectivity index (χ0v) is 15.3. The van der Waals surface area contributed by atoms with E-state index in [-0.39, 0.29) is 12.2 Å². The highest BCUT2D eigenvalue weighted by Gasteiger charge is 2.27. The minimum atomic E-state index is -0.626. The molecule has 0 bridgehead atoms. The summed E-state index contributed by atoms with van der Waals surface area (Å²) in [5.74, 6) is 0.409. The Balaban J connectivity index is 2.19. The summed E-state index contributed by atoms with van der Waals surface area (Å²) in [6.07, 6.45) is 5.56. The van der Waals surface area contributed by atoms with Gasteiger partial charge in [0, 0.05) is 0 Å². The van der Waals surface area contributed by atoms with Gasteiger partial charge in [0.1, 0.15) is 12.2 Å². The van der Waals surface area contributed by atoms with Crippen LogP contribution >= 0.6 is 0 Å². The summed E-state index contributed by atoms with van der Waals surface area (Å²) < 4.78 is 20.6. The second-order valence-corrected chi connectivity index (χ2v) is 6.29. The smallest absolute Gasteiger partial charge is 0.435 e. The third-order valence-electron chi connectivity index (χ3n) is 4.39. The molecule has 6 heteroatoms. The Kier molecular flexibility index (Phi) is 10.3. The van der Waals surface area contributed by atoms with Crippen LogP contribution in [0.4, 0.5) is 9.59 Å². The second-order valence-electron chi connectivity index (χ2n) is 6.29. The Hall–Kier alpha value is -1.46. The van der Waals surface area contributed by atoms with Crippen molar-refractivity contribution in [1.82, 2.24) is 0 Å². The first-order valence-corrected chi connectivity index (χ1v) is 9.25. The first kappa shape index (κ1) is 20.6. The quantitative estimate of drug-likeness (QED) is 0.557. The van der Waals surface area contributed by atoms with Crippen LogP contribution in [-0.4, -0.2) is 37.7 Å². The van der Waals surface area contributed by atoms with Crippen molar-refractivity contribution in [2.75, 3.05) is 13.2 Å². The maximum atomic E-state index is 11.8. The lowest BCUT2D eigenvalue weighted by atomic mass is 9.95. The van der Waals surface area contributed by atoms with Crippen molar-refractivity contribution in [3.05, 3.63) is 0 Å². The van der Waals surface area contributed by atoms with Gasteiger partial charge in [0.25, 0.3) is 0 Å². The SMILES string of the molecule is CCCCC(CC)COC(=O)OC1CCC(OC(=O)OCC)CC1. The monoisotopic (exact) mass is 344 g/mol. The van der Waals surface area contributed by atoms with Gasteiger partial charge in [-0.05, 0) is 44.9 Å². The average Bonchev–Trinajstić information content (AvgIpc) is 2.57. The third kappa shape index (κ3) is 8.41. The Morgan fingerprint density at radius 3 is 1.92 bits per heavy atom. The summed E-state index contributed by atoms with van der Waals surface area (Å²) in [6.45, 7) is 6.74. The maximum absolute atomic E-state index is 11.8. The molecule has 24 heavy (non-hydrogen) atoms. The fraction of sp³-hybridized carbons (Fsp3) is 0.889. The van der Waals surface area contributed by atoms with Crippen LogP contribution in [0.15, 0.2) is 0 Å². The molecule has 0 spiro atoms. The minimum absolute atomic E-state index is 0.154. The molecule has 0 aliphatic heterocycles. The van der Waals surface area contributed by atoms with E-state index in [1.807, 2.05) is 0 Å². The number of rotatable bonds is 9. The predicted molar refractivity (Wildman–Crippen MR) is 89.9 cm³/mol. The van der Waals surface area contributed by atoms with Gasteiger partial charge in [-0.15, -0.1) is 0 Å². The van der Waals surface area contributed by atoms with Crippen LogP contribution < -0.4 is 0 Å². The van der Waals surface area contributed by atoms with Crippen molar-refractivity contribution in [3.8, 4) is 0 Å². The summed E-state index contributed by atoms with van der Waals surface area (Å²) in [6, 6.07) is 0. The molecule has 1 saturated carbocycles. The van der Waals surface area contributed by atoms with Gasteiger partial charge in [-0.3, -0.25) is 0 Å². The molecule has 0 saturated heterocycles. The lowest BCUT2D eigenvalue weighted by Crippen LogP contribution is -2.30. The van der Waals surface area contributed by atoms with Crippen LogP contribution in [0.1, 0.15) is 72.1 Å². The molecule has 6 nitrogen and oxygen atoms in total. The molecule has 0 amide bonds. The molecule has 1 rings (SSSR count). The molecule has 0 aromatic heterocycles. The molecule has 1 unspecified atom stereocenters. The zero-order chi connectivity index (χ0) is 17.8. The number of hydrogen-bond donors (Lipinski definition) is 0. The Labute approximate surface area is 145 Å². The lowest BCUT2D eigenvalue weighted by molar-refractivity contribution is -0.0287. The zero-order valence-electron chi connectivity index (χ0n) is 15.3. The molecule has 0 aromatic rings. The fourth-order valence-corrected chi connectivity index (χ4v) is 2.81. The largest absolute Gasteiger partial charge is 0.508 e. The van der Waals surface area contributed by atoms with E-state index in [4.69, 9.17) is 18.9 Å². The van der Waals surface area contributed by atoms with Crippen LogP contribution in [-0.2, 0) is 18.9 Å². The summed E-state index contributed by atoms with van der Waals surface area (Å²) in [4.78, 5) is 23.1. The van der Waals surface area contributed by atoms with Crippen molar-refractivity contribution in [3.63, 3.8) is 0 Å². The van der Waals surface area contributed by atoms with E-state index in [0.717, 1.165) is 25.7 Å². The lowest BCUT2D eigenvalue weighted by Gasteiger charge is -2.27. The Bertz CT molecular complexity index is 363. The van der Waals surface area contributed by atoms with Gasteiger partial charge in [-0.25, -0.2) is 9.59 Å². The molecule has 1 aliphatic carbocycles. The van der Waals surface area contributed by atoms with Crippen LogP contribution in [0.5, 0.6) is 0 Å². The van der Waals surface area contributed by atoms with Gasteiger partial charge in [-0.1, -0.05) is 33.1 Å². The van der Waals surface area contributed by atoms with E-state index < -0.39 is 12.3 Å². The molecule has 140 valence electrons. The summed E-state index contributed by atoms with van der Waals surface area (Å²) in [5.41, 5.74) is 0. The summed E-state index contributed by atoms with van der Waals surface area (Å²) in [7, 11) is 0. The maximum Gasteiger partial charge on any atom is 0.508 e. The van der Waals surface area contributed by atoms with Crippen molar-refractivity contribution in [2.24, 2.45) is 5.92 Å². The third-order valence-corrected chi connectivity index (χ3v) is 4.39. The number of hydrogen-bond acceptors (Lipinski definition) is 6. The van der Waals surface area contributed by atoms with Gasteiger partial charge >= 0.3 is 12.3 Å². The molecule has 1 fully saturated rings. The van der Waals surface area contributed by atoms with Crippen molar-refractivity contribution in [1.29, 1.82) is 0 Å². The van der Waals surface area contributed by atoms with Crippen molar-refractivity contribution >= 4 is 12.3 Å². The van der Waals surface area contributed by atoms with E-state index >= 15 is 0 Å². The minimum Gasteiger partial charge on any atom is -0.435 e. The highest BCUT2D eigenvalue weighted by Crippen LogP contribution is 2.24. The number of unbranched alkanes of at least 4 members (excludes halogenated alkanes) is 1. The van der Waals surface area contributed by atoms with Gasteiger partial charge in [0.05, 0.1) is 13.2 Å². The first-order valence-electron chi connectivity index (χ1n) is 9.25. The standard InChI is InChI=1S/C18H32O6/c1-4-7-8-14(5-2)13-22-18(20)24-16-11-9-15(10-12-16)23-17(19)21-6-3/h14-16H,4-13H2,1-3H3. The molecule has 1 aliphatic rings. The second kappa shape index (κ2) is 12.0. The van der Waals surface area contributed by atoms with Crippen LogP contribution in [0.2, 0.25) is 0 Å². The van der Waals surface area contributed by atoms with Crippen molar-refractivity contribution in [2.45, 2.75) is 84.3 Å². The Morgan fingerprint density at radius 1 is 0.917 bits per heavy atom. The molecular formula is C18H32O6. The van der Waals surface area contributed by atoms with Gasteiger partial charge in [0.2, 0.25) is 0 Å². The van der Waals surface area contributed by atoms with Gasteiger partial charge < -0.3 is 18.9 Å².